The molecule has 0 heterocycles. The Morgan fingerprint density at radius 3 is 1.95 bits per heavy atom. The summed E-state index contributed by atoms with van der Waals surface area (Å²) in [6, 6.07) is 9.07. The Morgan fingerprint density at radius 2 is 1.33 bits per heavy atom. The number of hydrogen-bond acceptors (Lipinski definition) is 2. The van der Waals surface area contributed by atoms with Gasteiger partial charge in [-0.15, -0.1) is 0 Å². The van der Waals surface area contributed by atoms with Crippen LogP contribution in [0, 0.1) is 23.3 Å². The van der Waals surface area contributed by atoms with Crippen molar-refractivity contribution in [2.45, 2.75) is 6.42 Å². The van der Waals surface area contributed by atoms with Crippen LogP contribution in [0.1, 0.15) is 6.42 Å². The molecule has 21 heavy (non-hydrogen) atoms. The number of halogens is 4. The van der Waals surface area contributed by atoms with Crippen LogP contribution in [0.25, 0.3) is 0 Å². The van der Waals surface area contributed by atoms with Crippen LogP contribution in [0.15, 0.2) is 36.4 Å². The van der Waals surface area contributed by atoms with Gasteiger partial charge in [-0.1, -0.05) is 18.2 Å². The lowest BCUT2D eigenvalue weighted by Crippen LogP contribution is -2.08. The van der Waals surface area contributed by atoms with Gasteiger partial charge in [0.25, 0.3) is 0 Å². The van der Waals surface area contributed by atoms with Crippen LogP contribution < -0.4 is 9.47 Å². The smallest absolute Gasteiger partial charge is 0.203 e. The van der Waals surface area contributed by atoms with Gasteiger partial charge < -0.3 is 9.47 Å². The van der Waals surface area contributed by atoms with Crippen LogP contribution in [0.5, 0.6) is 11.5 Å². The summed E-state index contributed by atoms with van der Waals surface area (Å²) in [5, 5.41) is 0. The second-order valence-electron chi connectivity index (χ2n) is 4.16. The van der Waals surface area contributed by atoms with Gasteiger partial charge in [-0.2, -0.15) is 8.78 Å². The summed E-state index contributed by atoms with van der Waals surface area (Å²) in [6.45, 7) is 0.106. The largest absolute Gasteiger partial charge is 0.493 e. The van der Waals surface area contributed by atoms with Crippen LogP contribution in [0.4, 0.5) is 17.6 Å². The van der Waals surface area contributed by atoms with Crippen molar-refractivity contribution in [2.24, 2.45) is 0 Å². The zero-order chi connectivity index (χ0) is 15.2. The molecule has 0 aliphatic heterocycles. The maximum atomic E-state index is 13.3. The molecule has 0 aliphatic carbocycles. The number of rotatable bonds is 6. The summed E-state index contributed by atoms with van der Waals surface area (Å²) < 4.78 is 62.5. The standard InChI is InChI=1S/C15H12F4O2/c16-11-9-12(17)14(19)15(13(11)18)21-8-4-7-20-10-5-2-1-3-6-10/h1-3,5-6,9H,4,7-8H2. The maximum absolute atomic E-state index is 13.3. The molecule has 0 fully saturated rings. The van der Waals surface area contributed by atoms with E-state index in [0.29, 0.717) is 12.2 Å². The summed E-state index contributed by atoms with van der Waals surface area (Å²) >= 11 is 0. The predicted molar refractivity (Wildman–Crippen MR) is 68.3 cm³/mol. The highest BCUT2D eigenvalue weighted by Gasteiger charge is 2.20. The first kappa shape index (κ1) is 15.2. The minimum absolute atomic E-state index is 0.135. The van der Waals surface area contributed by atoms with E-state index in [9.17, 15) is 17.6 Å². The van der Waals surface area contributed by atoms with E-state index in [2.05, 4.69) is 0 Å². The molecular formula is C15H12F4O2. The average Bonchev–Trinajstić information content (AvgIpc) is 2.49. The summed E-state index contributed by atoms with van der Waals surface area (Å²) in [6.07, 6.45) is 0.298. The van der Waals surface area contributed by atoms with Gasteiger partial charge in [0.1, 0.15) is 5.75 Å². The van der Waals surface area contributed by atoms with E-state index < -0.39 is 29.0 Å². The first-order chi connectivity index (χ1) is 10.1. The summed E-state index contributed by atoms with van der Waals surface area (Å²) in [7, 11) is 0. The Hall–Kier alpha value is -2.24. The van der Waals surface area contributed by atoms with E-state index in [0.717, 1.165) is 0 Å². The predicted octanol–water partition coefficient (Wildman–Crippen LogP) is 4.09. The third-order valence-electron chi connectivity index (χ3n) is 2.62. The summed E-state index contributed by atoms with van der Waals surface area (Å²) in [5.41, 5.74) is 0. The van der Waals surface area contributed by atoms with Gasteiger partial charge >= 0.3 is 0 Å². The van der Waals surface area contributed by atoms with Crippen molar-refractivity contribution in [3.63, 3.8) is 0 Å². The lowest BCUT2D eigenvalue weighted by atomic mass is 10.3. The zero-order valence-electron chi connectivity index (χ0n) is 10.9. The Balaban J connectivity index is 1.84. The Bertz CT molecular complexity index is 576. The lowest BCUT2D eigenvalue weighted by Gasteiger charge is -2.10. The number of hydrogen-bond donors (Lipinski definition) is 0. The van der Waals surface area contributed by atoms with Gasteiger partial charge in [-0.3, -0.25) is 0 Å². The second-order valence-corrected chi connectivity index (χ2v) is 4.16. The molecule has 2 aromatic rings. The van der Waals surface area contributed by atoms with Gasteiger partial charge in [0.2, 0.25) is 11.6 Å². The van der Waals surface area contributed by atoms with Crippen molar-refractivity contribution in [1.29, 1.82) is 0 Å². The van der Waals surface area contributed by atoms with Crippen LogP contribution >= 0.6 is 0 Å². The second kappa shape index (κ2) is 6.97. The van der Waals surface area contributed by atoms with Gasteiger partial charge in [0.05, 0.1) is 13.2 Å². The van der Waals surface area contributed by atoms with Crippen molar-refractivity contribution in [2.75, 3.05) is 13.2 Å². The number of benzene rings is 2. The minimum Gasteiger partial charge on any atom is -0.493 e. The van der Waals surface area contributed by atoms with Crippen molar-refractivity contribution in [1.82, 2.24) is 0 Å². The molecule has 0 bridgehead atoms. The monoisotopic (exact) mass is 300 g/mol. The van der Waals surface area contributed by atoms with Crippen molar-refractivity contribution in [3.8, 4) is 11.5 Å². The van der Waals surface area contributed by atoms with E-state index in [-0.39, 0.29) is 19.3 Å². The zero-order valence-corrected chi connectivity index (χ0v) is 10.9. The molecule has 0 aliphatic rings. The molecule has 0 N–H and O–H groups in total. The van der Waals surface area contributed by atoms with Crippen molar-refractivity contribution < 1.29 is 27.0 Å². The first-order valence-electron chi connectivity index (χ1n) is 6.23. The van der Waals surface area contributed by atoms with Gasteiger partial charge in [-0.25, -0.2) is 8.78 Å². The molecule has 0 unspecified atom stereocenters. The molecule has 0 saturated heterocycles. The number of para-hydroxylation sites is 1. The van der Waals surface area contributed by atoms with E-state index in [1.165, 1.54) is 0 Å². The molecule has 6 heteroatoms. The van der Waals surface area contributed by atoms with Crippen molar-refractivity contribution >= 4 is 0 Å². The average molecular weight is 300 g/mol. The van der Waals surface area contributed by atoms with Crippen LogP contribution in [-0.4, -0.2) is 13.2 Å². The molecule has 2 aromatic carbocycles. The normalized spacial score (nSPS) is 10.5. The highest BCUT2D eigenvalue weighted by Crippen LogP contribution is 2.26. The molecule has 0 amide bonds. The fourth-order valence-corrected chi connectivity index (χ4v) is 1.62. The van der Waals surface area contributed by atoms with Gasteiger partial charge in [0.15, 0.2) is 17.4 Å². The molecule has 0 atom stereocenters. The lowest BCUT2D eigenvalue weighted by molar-refractivity contribution is 0.229. The van der Waals surface area contributed by atoms with E-state index in [4.69, 9.17) is 9.47 Å². The summed E-state index contributed by atoms with van der Waals surface area (Å²) in [4.78, 5) is 0. The molecule has 0 radical (unpaired) electrons. The van der Waals surface area contributed by atoms with Crippen LogP contribution in [0.2, 0.25) is 0 Å². The fraction of sp³-hybridized carbons (Fsp3) is 0.200. The molecule has 0 spiro atoms. The molecule has 2 nitrogen and oxygen atoms in total. The third-order valence-corrected chi connectivity index (χ3v) is 2.62. The van der Waals surface area contributed by atoms with E-state index in [1.807, 2.05) is 6.07 Å². The SMILES string of the molecule is Fc1cc(F)c(F)c(OCCCOc2ccccc2)c1F. The topological polar surface area (TPSA) is 18.5 Å². The maximum Gasteiger partial charge on any atom is 0.203 e. The van der Waals surface area contributed by atoms with Gasteiger partial charge in [-0.05, 0) is 12.1 Å². The molecule has 0 aromatic heterocycles. The van der Waals surface area contributed by atoms with Crippen molar-refractivity contribution in [3.05, 3.63) is 59.7 Å². The van der Waals surface area contributed by atoms with E-state index in [1.54, 1.807) is 24.3 Å². The number of ether oxygens (including phenoxy) is 2. The molecular weight excluding hydrogens is 288 g/mol. The molecule has 112 valence electrons. The van der Waals surface area contributed by atoms with Crippen LogP contribution in [-0.2, 0) is 0 Å². The fourth-order valence-electron chi connectivity index (χ4n) is 1.62. The van der Waals surface area contributed by atoms with Gasteiger partial charge in [0, 0.05) is 12.5 Å². The Morgan fingerprint density at radius 1 is 0.762 bits per heavy atom. The highest BCUT2D eigenvalue weighted by molar-refractivity contribution is 5.28. The quantitative estimate of drug-likeness (QED) is 0.454. The molecule has 0 saturated carbocycles. The first-order valence-corrected chi connectivity index (χ1v) is 6.23. The minimum atomic E-state index is -1.54. The third kappa shape index (κ3) is 3.87. The Labute approximate surface area is 118 Å². The molecule has 2 rings (SSSR count). The summed E-state index contributed by atoms with van der Waals surface area (Å²) in [5.74, 6) is -6.48. The Kier molecular flexibility index (Phi) is 5.03. The highest BCUT2D eigenvalue weighted by atomic mass is 19.2. The van der Waals surface area contributed by atoms with Crippen LogP contribution in [0.3, 0.4) is 0 Å². The van der Waals surface area contributed by atoms with E-state index >= 15 is 0 Å².